The fourth-order valence-corrected chi connectivity index (χ4v) is 2.48. The molecule has 0 bridgehead atoms. The largest absolute Gasteiger partial charge is 0.381 e. The highest BCUT2D eigenvalue weighted by Crippen LogP contribution is 2.29. The maximum atomic E-state index is 13.6. The summed E-state index contributed by atoms with van der Waals surface area (Å²) in [6.07, 6.45) is 0. The van der Waals surface area contributed by atoms with Crippen LogP contribution in [0.25, 0.3) is 0 Å². The van der Waals surface area contributed by atoms with Crippen molar-refractivity contribution < 1.29 is 8.78 Å². The molecule has 3 N–H and O–H groups in total. The topological polar surface area (TPSA) is 50.9 Å². The quantitative estimate of drug-likeness (QED) is 0.874. The summed E-state index contributed by atoms with van der Waals surface area (Å²) in [5.41, 5.74) is 7.89. The van der Waals surface area contributed by atoms with Crippen LogP contribution in [0.4, 0.5) is 26.1 Å². The van der Waals surface area contributed by atoms with Crippen molar-refractivity contribution >= 4 is 33.3 Å². The number of nitrogens with one attached hydrogen (secondary N) is 1. The lowest BCUT2D eigenvalue weighted by Crippen LogP contribution is -2.05. The van der Waals surface area contributed by atoms with E-state index in [0.29, 0.717) is 6.07 Å². The van der Waals surface area contributed by atoms with Crippen LogP contribution < -0.4 is 11.1 Å². The molecule has 3 nitrogen and oxygen atoms in total. The van der Waals surface area contributed by atoms with Gasteiger partial charge in [-0.05, 0) is 37.1 Å². The van der Waals surface area contributed by atoms with Gasteiger partial charge in [-0.25, -0.2) is 13.8 Å². The van der Waals surface area contributed by atoms with Crippen molar-refractivity contribution in [1.82, 2.24) is 4.98 Å². The van der Waals surface area contributed by atoms with E-state index in [2.05, 4.69) is 26.2 Å². The smallest absolute Gasteiger partial charge is 0.169 e. The summed E-state index contributed by atoms with van der Waals surface area (Å²) in [5, 5.41) is 2.85. The summed E-state index contributed by atoms with van der Waals surface area (Å²) in [6.45, 7) is 3.76. The summed E-state index contributed by atoms with van der Waals surface area (Å²) in [7, 11) is 0. The SMILES string of the molecule is Cc1cc(Br)cc(C)c1Nc1nc(N)c(F)cc1F. The average molecular weight is 328 g/mol. The number of nitrogen functional groups attached to an aromatic ring is 1. The lowest BCUT2D eigenvalue weighted by atomic mass is 10.1. The van der Waals surface area contributed by atoms with E-state index in [-0.39, 0.29) is 11.6 Å². The molecule has 0 amide bonds. The molecule has 0 fully saturated rings. The van der Waals surface area contributed by atoms with Gasteiger partial charge in [-0.3, -0.25) is 0 Å². The average Bonchev–Trinajstić information content (AvgIpc) is 2.29. The molecule has 0 saturated carbocycles. The molecule has 19 heavy (non-hydrogen) atoms. The van der Waals surface area contributed by atoms with Crippen molar-refractivity contribution in [2.75, 3.05) is 11.1 Å². The number of hydrogen-bond acceptors (Lipinski definition) is 3. The zero-order chi connectivity index (χ0) is 14.2. The monoisotopic (exact) mass is 327 g/mol. The van der Waals surface area contributed by atoms with Gasteiger partial charge in [0, 0.05) is 16.2 Å². The van der Waals surface area contributed by atoms with Gasteiger partial charge in [-0.2, -0.15) is 0 Å². The van der Waals surface area contributed by atoms with Gasteiger partial charge in [0.25, 0.3) is 0 Å². The van der Waals surface area contributed by atoms with Crippen molar-refractivity contribution in [3.63, 3.8) is 0 Å². The minimum absolute atomic E-state index is 0.0903. The van der Waals surface area contributed by atoms with Gasteiger partial charge >= 0.3 is 0 Å². The standard InChI is InChI=1S/C13H12BrF2N3/c1-6-3-8(14)4-7(2)11(6)18-13-10(16)5-9(15)12(17)19-13/h3-5H,1-2H3,(H3,17,18,19). The van der Waals surface area contributed by atoms with E-state index in [1.54, 1.807) is 0 Å². The lowest BCUT2D eigenvalue weighted by Gasteiger charge is -2.13. The highest BCUT2D eigenvalue weighted by molar-refractivity contribution is 9.10. The molecule has 0 aliphatic heterocycles. The van der Waals surface area contributed by atoms with Crippen LogP contribution in [0.15, 0.2) is 22.7 Å². The Kier molecular flexibility index (Phi) is 3.71. The fourth-order valence-electron chi connectivity index (χ4n) is 1.79. The highest BCUT2D eigenvalue weighted by atomic mass is 79.9. The molecule has 2 rings (SSSR count). The molecule has 100 valence electrons. The van der Waals surface area contributed by atoms with Crippen LogP contribution in [0.3, 0.4) is 0 Å². The number of aromatic nitrogens is 1. The Balaban J connectivity index is 2.45. The second kappa shape index (κ2) is 5.13. The lowest BCUT2D eigenvalue weighted by molar-refractivity contribution is 0.581. The Morgan fingerprint density at radius 1 is 1.11 bits per heavy atom. The molecule has 0 atom stereocenters. The van der Waals surface area contributed by atoms with Crippen LogP contribution in [0.1, 0.15) is 11.1 Å². The first-order chi connectivity index (χ1) is 8.88. The Bertz CT molecular complexity index is 621. The molecule has 0 aliphatic rings. The van der Waals surface area contributed by atoms with Crippen LogP contribution in [-0.4, -0.2) is 4.98 Å². The molecule has 0 radical (unpaired) electrons. The first kappa shape index (κ1) is 13.7. The first-order valence-electron chi connectivity index (χ1n) is 5.53. The molecule has 0 spiro atoms. The summed E-state index contributed by atoms with van der Waals surface area (Å²) in [4.78, 5) is 3.68. The highest BCUT2D eigenvalue weighted by Gasteiger charge is 2.12. The van der Waals surface area contributed by atoms with Gasteiger partial charge in [-0.15, -0.1) is 0 Å². The number of benzene rings is 1. The van der Waals surface area contributed by atoms with E-state index in [9.17, 15) is 8.78 Å². The molecule has 2 aromatic rings. The number of nitrogens with zero attached hydrogens (tertiary/aromatic N) is 1. The Morgan fingerprint density at radius 2 is 1.68 bits per heavy atom. The number of rotatable bonds is 2. The summed E-state index contributed by atoms with van der Waals surface area (Å²) < 4.78 is 27.6. The zero-order valence-electron chi connectivity index (χ0n) is 10.4. The van der Waals surface area contributed by atoms with Gasteiger partial charge in [0.15, 0.2) is 23.3 Å². The first-order valence-corrected chi connectivity index (χ1v) is 6.33. The molecule has 1 heterocycles. The van der Waals surface area contributed by atoms with Gasteiger partial charge in [0.2, 0.25) is 0 Å². The zero-order valence-corrected chi connectivity index (χ0v) is 12.0. The normalized spacial score (nSPS) is 10.6. The molecule has 0 saturated heterocycles. The molecule has 1 aromatic carbocycles. The van der Waals surface area contributed by atoms with Gasteiger partial charge in [0.1, 0.15) is 0 Å². The summed E-state index contributed by atoms with van der Waals surface area (Å²) in [6, 6.07) is 4.49. The van der Waals surface area contributed by atoms with Crippen LogP contribution in [0.2, 0.25) is 0 Å². The molecule has 0 unspecified atom stereocenters. The summed E-state index contributed by atoms with van der Waals surface area (Å²) >= 11 is 3.38. The van der Waals surface area contributed by atoms with Crippen LogP contribution >= 0.6 is 15.9 Å². The third-order valence-electron chi connectivity index (χ3n) is 2.70. The van der Waals surface area contributed by atoms with Crippen LogP contribution in [0, 0.1) is 25.5 Å². The van der Waals surface area contributed by atoms with Crippen molar-refractivity contribution in [2.45, 2.75) is 13.8 Å². The van der Waals surface area contributed by atoms with Crippen LogP contribution in [0.5, 0.6) is 0 Å². The number of halogens is 3. The second-order valence-corrected chi connectivity index (χ2v) is 5.14. The van der Waals surface area contributed by atoms with Gasteiger partial charge in [0.05, 0.1) is 0 Å². The maximum Gasteiger partial charge on any atom is 0.169 e. The van der Waals surface area contributed by atoms with Crippen molar-refractivity contribution in [2.24, 2.45) is 0 Å². The van der Waals surface area contributed by atoms with Gasteiger partial charge < -0.3 is 11.1 Å². The maximum absolute atomic E-state index is 13.6. The van der Waals surface area contributed by atoms with Gasteiger partial charge in [-0.1, -0.05) is 15.9 Å². The third-order valence-corrected chi connectivity index (χ3v) is 3.16. The number of hydrogen-bond donors (Lipinski definition) is 2. The fraction of sp³-hybridized carbons (Fsp3) is 0.154. The van der Waals surface area contributed by atoms with E-state index < -0.39 is 11.6 Å². The van der Waals surface area contributed by atoms with E-state index >= 15 is 0 Å². The number of nitrogens with two attached hydrogens (primary N) is 1. The molecular formula is C13H12BrF2N3. The number of anilines is 3. The number of aryl methyl sites for hydroxylation is 2. The van der Waals surface area contributed by atoms with Crippen molar-refractivity contribution in [1.29, 1.82) is 0 Å². The van der Waals surface area contributed by atoms with Crippen LogP contribution in [-0.2, 0) is 0 Å². The Morgan fingerprint density at radius 3 is 2.26 bits per heavy atom. The number of pyridine rings is 1. The van der Waals surface area contributed by atoms with Crippen molar-refractivity contribution in [3.8, 4) is 0 Å². The third kappa shape index (κ3) is 2.84. The minimum Gasteiger partial charge on any atom is -0.381 e. The second-order valence-electron chi connectivity index (χ2n) is 4.23. The Hall–Kier alpha value is -1.69. The molecule has 0 aliphatic carbocycles. The van der Waals surface area contributed by atoms with E-state index in [4.69, 9.17) is 5.73 Å². The molecular weight excluding hydrogens is 316 g/mol. The molecule has 1 aromatic heterocycles. The van der Waals surface area contributed by atoms with E-state index in [1.807, 2.05) is 26.0 Å². The summed E-state index contributed by atoms with van der Waals surface area (Å²) in [5.74, 6) is -2.08. The predicted octanol–water partition coefficient (Wildman–Crippen LogP) is 4.06. The predicted molar refractivity (Wildman–Crippen MR) is 75.5 cm³/mol. The van der Waals surface area contributed by atoms with E-state index in [1.165, 1.54) is 0 Å². The van der Waals surface area contributed by atoms with E-state index in [0.717, 1.165) is 21.3 Å². The minimum atomic E-state index is -0.868. The molecule has 6 heteroatoms. The van der Waals surface area contributed by atoms with Crippen molar-refractivity contribution in [3.05, 3.63) is 45.4 Å². The Labute approximate surface area is 118 Å².